The second-order valence-corrected chi connectivity index (χ2v) is 5.31. The Kier molecular flexibility index (Phi) is 5.34. The van der Waals surface area contributed by atoms with Crippen LogP contribution in [0, 0.1) is 0 Å². The maximum Gasteiger partial charge on any atom is 0.257 e. The summed E-state index contributed by atoms with van der Waals surface area (Å²) in [5, 5.41) is 3.33. The predicted octanol–water partition coefficient (Wildman–Crippen LogP) is 4.31. The highest BCUT2D eigenvalue weighted by atomic mass is 35.5. The first-order chi connectivity index (χ1) is 10.5. The molecule has 5 nitrogen and oxygen atoms in total. The quantitative estimate of drug-likeness (QED) is 0.824. The highest BCUT2D eigenvalue weighted by Gasteiger charge is 2.15. The molecule has 0 bridgehead atoms. The summed E-state index contributed by atoms with van der Waals surface area (Å²) in [5.74, 6) is 0.418. The fourth-order valence-corrected chi connectivity index (χ4v) is 2.21. The Morgan fingerprint density at radius 2 is 1.73 bits per heavy atom. The Morgan fingerprint density at radius 1 is 1.05 bits per heavy atom. The molecular weight excluding hydrogens is 351 g/mol. The monoisotopic (exact) mass is 360 g/mol. The van der Waals surface area contributed by atoms with E-state index in [1.807, 2.05) is 0 Å². The number of hydrogen-bond donors (Lipinski definition) is 1. The van der Waals surface area contributed by atoms with Gasteiger partial charge in [-0.25, -0.2) is 4.98 Å². The molecule has 116 valence electrons. The molecule has 22 heavy (non-hydrogen) atoms. The summed E-state index contributed by atoms with van der Waals surface area (Å²) >= 11 is 17.6. The van der Waals surface area contributed by atoms with Gasteiger partial charge in [0.15, 0.2) is 0 Å². The van der Waals surface area contributed by atoms with Gasteiger partial charge in [-0.3, -0.25) is 4.79 Å². The van der Waals surface area contributed by atoms with Crippen molar-refractivity contribution in [2.75, 3.05) is 19.5 Å². The van der Waals surface area contributed by atoms with E-state index >= 15 is 0 Å². The zero-order valence-electron chi connectivity index (χ0n) is 11.6. The van der Waals surface area contributed by atoms with Crippen LogP contribution in [0.15, 0.2) is 24.4 Å². The van der Waals surface area contributed by atoms with Gasteiger partial charge in [-0.1, -0.05) is 34.8 Å². The molecule has 0 fully saturated rings. The molecule has 0 radical (unpaired) electrons. The number of nitrogens with one attached hydrogen (secondary N) is 1. The van der Waals surface area contributed by atoms with Crippen LogP contribution in [0.25, 0.3) is 0 Å². The number of anilines is 1. The zero-order valence-corrected chi connectivity index (χ0v) is 13.9. The number of aromatic nitrogens is 1. The van der Waals surface area contributed by atoms with Crippen molar-refractivity contribution < 1.29 is 14.3 Å². The van der Waals surface area contributed by atoms with Crippen molar-refractivity contribution in [1.29, 1.82) is 0 Å². The molecule has 0 aliphatic heterocycles. The van der Waals surface area contributed by atoms with Crippen molar-refractivity contribution in [3.63, 3.8) is 0 Å². The van der Waals surface area contributed by atoms with E-state index in [1.165, 1.54) is 32.5 Å². The Hall–Kier alpha value is -1.69. The third-order valence-electron chi connectivity index (χ3n) is 2.78. The number of carbonyl (C=O) groups is 1. The van der Waals surface area contributed by atoms with Crippen LogP contribution in [0.2, 0.25) is 15.2 Å². The summed E-state index contributed by atoms with van der Waals surface area (Å²) in [6, 6.07) is 4.52. The van der Waals surface area contributed by atoms with Crippen molar-refractivity contribution in [1.82, 2.24) is 4.98 Å². The summed E-state index contributed by atoms with van der Waals surface area (Å²) in [6.45, 7) is 0. The number of halogens is 3. The molecule has 2 aromatic rings. The van der Waals surface area contributed by atoms with E-state index in [0.29, 0.717) is 22.2 Å². The molecule has 0 atom stereocenters. The van der Waals surface area contributed by atoms with Crippen LogP contribution in [0.3, 0.4) is 0 Å². The summed E-state index contributed by atoms with van der Waals surface area (Å²) in [6.07, 6.45) is 1.32. The van der Waals surface area contributed by atoms with Crippen molar-refractivity contribution in [2.24, 2.45) is 0 Å². The van der Waals surface area contributed by atoms with Crippen molar-refractivity contribution >= 4 is 46.4 Å². The number of benzene rings is 1. The topological polar surface area (TPSA) is 60.5 Å². The van der Waals surface area contributed by atoms with E-state index in [-0.39, 0.29) is 15.7 Å². The van der Waals surface area contributed by atoms with Gasteiger partial charge in [-0.15, -0.1) is 0 Å². The molecular formula is C14H11Cl3N2O3. The molecule has 1 amide bonds. The number of rotatable bonds is 4. The molecule has 1 aromatic heterocycles. The van der Waals surface area contributed by atoms with Gasteiger partial charge in [-0.05, 0) is 12.1 Å². The smallest absolute Gasteiger partial charge is 0.257 e. The molecule has 0 spiro atoms. The van der Waals surface area contributed by atoms with E-state index in [9.17, 15) is 4.79 Å². The van der Waals surface area contributed by atoms with Crippen molar-refractivity contribution in [3.8, 4) is 11.5 Å². The van der Waals surface area contributed by atoms with Crippen LogP contribution < -0.4 is 14.8 Å². The first kappa shape index (κ1) is 16.7. The van der Waals surface area contributed by atoms with Crippen LogP contribution in [0.4, 0.5) is 5.69 Å². The third kappa shape index (κ3) is 3.55. The maximum absolute atomic E-state index is 12.2. The lowest BCUT2D eigenvalue weighted by atomic mass is 10.2. The average molecular weight is 362 g/mol. The number of nitrogens with zero attached hydrogens (tertiary/aromatic N) is 1. The molecule has 0 saturated heterocycles. The first-order valence-electron chi connectivity index (χ1n) is 6.00. The molecule has 0 unspecified atom stereocenters. The Bertz CT molecular complexity index is 723. The first-order valence-corrected chi connectivity index (χ1v) is 7.13. The minimum atomic E-state index is -0.425. The number of ether oxygens (including phenoxy) is 2. The van der Waals surface area contributed by atoms with Gasteiger partial charge in [-0.2, -0.15) is 0 Å². The van der Waals surface area contributed by atoms with E-state index in [0.717, 1.165) is 0 Å². The minimum Gasteiger partial charge on any atom is -0.495 e. The van der Waals surface area contributed by atoms with Gasteiger partial charge in [0.25, 0.3) is 5.91 Å². The average Bonchev–Trinajstić information content (AvgIpc) is 2.50. The fraction of sp³-hybridized carbons (Fsp3) is 0.143. The number of pyridine rings is 1. The van der Waals surface area contributed by atoms with Gasteiger partial charge in [0.05, 0.1) is 35.5 Å². The van der Waals surface area contributed by atoms with Crippen LogP contribution in [0.1, 0.15) is 10.4 Å². The number of hydrogen-bond acceptors (Lipinski definition) is 4. The lowest BCUT2D eigenvalue weighted by Crippen LogP contribution is -2.13. The van der Waals surface area contributed by atoms with Crippen LogP contribution in [0.5, 0.6) is 11.5 Å². The lowest BCUT2D eigenvalue weighted by molar-refractivity contribution is 0.102. The van der Waals surface area contributed by atoms with E-state index in [1.54, 1.807) is 6.07 Å². The van der Waals surface area contributed by atoms with Crippen molar-refractivity contribution in [2.45, 2.75) is 0 Å². The Balaban J connectivity index is 2.31. The van der Waals surface area contributed by atoms with Crippen LogP contribution in [-0.4, -0.2) is 25.1 Å². The van der Waals surface area contributed by atoms with E-state index < -0.39 is 5.91 Å². The summed E-state index contributed by atoms with van der Waals surface area (Å²) in [7, 11) is 2.96. The Morgan fingerprint density at radius 3 is 2.32 bits per heavy atom. The molecule has 1 heterocycles. The third-order valence-corrected chi connectivity index (χ3v) is 3.76. The summed E-state index contributed by atoms with van der Waals surface area (Å²) in [4.78, 5) is 16.1. The Labute approximate surface area is 142 Å². The van der Waals surface area contributed by atoms with Gasteiger partial charge in [0, 0.05) is 12.3 Å². The van der Waals surface area contributed by atoms with Gasteiger partial charge in [0.1, 0.15) is 16.7 Å². The van der Waals surface area contributed by atoms with E-state index in [2.05, 4.69) is 10.3 Å². The fourth-order valence-electron chi connectivity index (χ4n) is 1.70. The zero-order chi connectivity index (χ0) is 16.3. The molecule has 0 aliphatic rings. The molecule has 0 saturated carbocycles. The number of carbonyl (C=O) groups excluding carboxylic acids is 1. The van der Waals surface area contributed by atoms with Crippen LogP contribution >= 0.6 is 34.8 Å². The lowest BCUT2D eigenvalue weighted by Gasteiger charge is -2.13. The second-order valence-electron chi connectivity index (χ2n) is 4.14. The minimum absolute atomic E-state index is 0.128. The maximum atomic E-state index is 12.2. The van der Waals surface area contributed by atoms with Crippen LogP contribution in [-0.2, 0) is 0 Å². The van der Waals surface area contributed by atoms with Gasteiger partial charge in [0.2, 0.25) is 0 Å². The normalized spacial score (nSPS) is 10.2. The SMILES string of the molecule is COc1cc(OC)c(NC(=O)c2cnc(Cl)c(Cl)c2)cc1Cl. The van der Waals surface area contributed by atoms with Gasteiger partial charge < -0.3 is 14.8 Å². The standard InChI is InChI=1S/C14H11Cl3N2O3/c1-21-11-5-12(22-2)10(4-8(11)15)19-14(20)7-3-9(16)13(17)18-6-7/h3-6H,1-2H3,(H,19,20). The molecule has 8 heteroatoms. The number of amides is 1. The van der Waals surface area contributed by atoms with E-state index in [4.69, 9.17) is 44.3 Å². The summed E-state index contributed by atoms with van der Waals surface area (Å²) < 4.78 is 10.3. The summed E-state index contributed by atoms with van der Waals surface area (Å²) in [5.41, 5.74) is 0.646. The highest BCUT2D eigenvalue weighted by molar-refractivity contribution is 6.41. The molecule has 1 aromatic carbocycles. The predicted molar refractivity (Wildman–Crippen MR) is 86.8 cm³/mol. The van der Waals surface area contributed by atoms with Crippen molar-refractivity contribution in [3.05, 3.63) is 45.2 Å². The molecule has 0 aliphatic carbocycles. The second kappa shape index (κ2) is 7.05. The molecule has 2 rings (SSSR count). The highest BCUT2D eigenvalue weighted by Crippen LogP contribution is 2.36. The number of methoxy groups -OCH3 is 2. The largest absolute Gasteiger partial charge is 0.495 e. The van der Waals surface area contributed by atoms with Gasteiger partial charge >= 0.3 is 0 Å². The molecule has 1 N–H and O–H groups in total.